The van der Waals surface area contributed by atoms with E-state index in [2.05, 4.69) is 58.0 Å². The number of rotatable bonds is 9. The highest BCUT2D eigenvalue weighted by Crippen LogP contribution is 2.15. The molecule has 27 heavy (non-hydrogen) atoms. The standard InChI is InChI=1S/C25H33NO/c1-5-6-8-11-22-14-16-24(17-15-22)25(27)26(20(2)3)19-21(4)18-23-12-9-7-10-13-23/h7,9-10,12-18,20H,5-6,8,11,19H2,1-4H3/b21-18+. The van der Waals surface area contributed by atoms with Gasteiger partial charge >= 0.3 is 0 Å². The van der Waals surface area contributed by atoms with Crippen LogP contribution in [0.1, 0.15) is 68.4 Å². The Kier molecular flexibility index (Phi) is 8.32. The van der Waals surface area contributed by atoms with Crippen molar-refractivity contribution in [2.45, 2.75) is 59.4 Å². The molecule has 0 bridgehead atoms. The molecule has 2 nitrogen and oxygen atoms in total. The van der Waals surface area contributed by atoms with E-state index in [4.69, 9.17) is 0 Å². The van der Waals surface area contributed by atoms with Gasteiger partial charge in [0, 0.05) is 18.2 Å². The van der Waals surface area contributed by atoms with Gasteiger partial charge in [-0.2, -0.15) is 0 Å². The third-order valence-electron chi connectivity index (χ3n) is 4.79. The molecule has 1 amide bonds. The minimum atomic E-state index is 0.103. The Labute approximate surface area is 164 Å². The number of amides is 1. The summed E-state index contributed by atoms with van der Waals surface area (Å²) in [5.74, 6) is 0.103. The lowest BCUT2D eigenvalue weighted by molar-refractivity contribution is 0.0724. The highest BCUT2D eigenvalue weighted by molar-refractivity contribution is 5.94. The van der Waals surface area contributed by atoms with E-state index >= 15 is 0 Å². The van der Waals surface area contributed by atoms with Crippen molar-refractivity contribution in [3.8, 4) is 0 Å². The van der Waals surface area contributed by atoms with Gasteiger partial charge < -0.3 is 4.90 Å². The zero-order chi connectivity index (χ0) is 19.6. The lowest BCUT2D eigenvalue weighted by Crippen LogP contribution is -2.38. The normalized spacial score (nSPS) is 11.7. The maximum absolute atomic E-state index is 13.0. The number of benzene rings is 2. The van der Waals surface area contributed by atoms with Crippen molar-refractivity contribution in [2.75, 3.05) is 6.54 Å². The van der Waals surface area contributed by atoms with E-state index in [0.29, 0.717) is 6.54 Å². The van der Waals surface area contributed by atoms with Gasteiger partial charge in [-0.15, -0.1) is 0 Å². The molecule has 0 unspecified atom stereocenters. The first-order valence-corrected chi connectivity index (χ1v) is 10.1. The third kappa shape index (κ3) is 6.71. The summed E-state index contributed by atoms with van der Waals surface area (Å²) in [5.41, 5.74) is 4.44. The first-order chi connectivity index (χ1) is 13.0. The minimum Gasteiger partial charge on any atom is -0.332 e. The molecule has 0 fully saturated rings. The van der Waals surface area contributed by atoms with E-state index in [0.717, 1.165) is 12.0 Å². The van der Waals surface area contributed by atoms with E-state index in [1.807, 2.05) is 35.2 Å². The van der Waals surface area contributed by atoms with Gasteiger partial charge in [0.05, 0.1) is 0 Å². The van der Waals surface area contributed by atoms with Crippen LogP contribution >= 0.6 is 0 Å². The molecule has 0 aromatic heterocycles. The number of hydrogen-bond donors (Lipinski definition) is 0. The van der Waals surface area contributed by atoms with Gasteiger partial charge in [0.1, 0.15) is 0 Å². The van der Waals surface area contributed by atoms with Crippen molar-refractivity contribution in [3.05, 3.63) is 76.9 Å². The molecular formula is C25H33NO. The predicted octanol–water partition coefficient (Wildman–Crippen LogP) is 6.37. The number of nitrogens with zero attached hydrogens (tertiary/aromatic N) is 1. The van der Waals surface area contributed by atoms with Gasteiger partial charge in [0.15, 0.2) is 0 Å². The first kappa shape index (κ1) is 21.0. The van der Waals surface area contributed by atoms with Crippen molar-refractivity contribution < 1.29 is 4.79 Å². The van der Waals surface area contributed by atoms with Crippen molar-refractivity contribution in [1.29, 1.82) is 0 Å². The summed E-state index contributed by atoms with van der Waals surface area (Å²) in [5, 5.41) is 0. The molecule has 0 spiro atoms. The van der Waals surface area contributed by atoms with E-state index in [-0.39, 0.29) is 11.9 Å². The predicted molar refractivity (Wildman–Crippen MR) is 116 cm³/mol. The SMILES string of the molecule is CCCCCc1ccc(C(=O)N(C/C(C)=C/c2ccccc2)C(C)C)cc1. The zero-order valence-corrected chi connectivity index (χ0v) is 17.2. The fourth-order valence-electron chi connectivity index (χ4n) is 3.20. The lowest BCUT2D eigenvalue weighted by atomic mass is 10.0. The van der Waals surface area contributed by atoms with Crippen molar-refractivity contribution in [2.24, 2.45) is 0 Å². The molecule has 0 heterocycles. The van der Waals surface area contributed by atoms with E-state index in [1.54, 1.807) is 0 Å². The molecular weight excluding hydrogens is 330 g/mol. The van der Waals surface area contributed by atoms with Gasteiger partial charge in [0.25, 0.3) is 5.91 Å². The lowest BCUT2D eigenvalue weighted by Gasteiger charge is -2.27. The smallest absolute Gasteiger partial charge is 0.254 e. The summed E-state index contributed by atoms with van der Waals surface area (Å²) in [6, 6.07) is 18.6. The second-order valence-electron chi connectivity index (χ2n) is 7.58. The molecule has 0 aliphatic carbocycles. The Balaban J connectivity index is 2.07. The van der Waals surface area contributed by atoms with Crippen LogP contribution in [0.5, 0.6) is 0 Å². The number of aryl methyl sites for hydroxylation is 1. The van der Waals surface area contributed by atoms with E-state index in [1.165, 1.54) is 36.0 Å². The number of unbranched alkanes of at least 4 members (excludes halogenated alkanes) is 2. The van der Waals surface area contributed by atoms with Crippen LogP contribution in [0, 0.1) is 0 Å². The number of hydrogen-bond acceptors (Lipinski definition) is 1. The Bertz CT molecular complexity index is 729. The molecule has 0 aliphatic rings. The molecule has 144 valence electrons. The van der Waals surface area contributed by atoms with Crippen LogP contribution in [0.25, 0.3) is 6.08 Å². The molecule has 0 saturated heterocycles. The summed E-state index contributed by atoms with van der Waals surface area (Å²) in [6.07, 6.45) is 6.95. The average molecular weight is 364 g/mol. The second-order valence-corrected chi connectivity index (χ2v) is 7.58. The van der Waals surface area contributed by atoms with Crippen molar-refractivity contribution >= 4 is 12.0 Å². The molecule has 0 N–H and O–H groups in total. The molecule has 0 aliphatic heterocycles. The minimum absolute atomic E-state index is 0.103. The van der Waals surface area contributed by atoms with Crippen molar-refractivity contribution in [3.63, 3.8) is 0 Å². The Hall–Kier alpha value is -2.35. The van der Waals surface area contributed by atoms with Gasteiger partial charge in [0.2, 0.25) is 0 Å². The zero-order valence-electron chi connectivity index (χ0n) is 17.2. The van der Waals surface area contributed by atoms with Gasteiger partial charge in [-0.3, -0.25) is 4.79 Å². The van der Waals surface area contributed by atoms with Crippen LogP contribution in [-0.2, 0) is 6.42 Å². The monoisotopic (exact) mass is 363 g/mol. The molecule has 2 heteroatoms. The highest BCUT2D eigenvalue weighted by atomic mass is 16.2. The summed E-state index contributed by atoms with van der Waals surface area (Å²) in [7, 11) is 0. The topological polar surface area (TPSA) is 20.3 Å². The summed E-state index contributed by atoms with van der Waals surface area (Å²) in [6.45, 7) is 9.10. The Morgan fingerprint density at radius 2 is 1.67 bits per heavy atom. The molecule has 0 saturated carbocycles. The summed E-state index contributed by atoms with van der Waals surface area (Å²) in [4.78, 5) is 15.0. The van der Waals surface area contributed by atoms with Crippen LogP contribution in [0.4, 0.5) is 0 Å². The number of carbonyl (C=O) groups excluding carboxylic acids is 1. The summed E-state index contributed by atoms with van der Waals surface area (Å²) >= 11 is 0. The highest BCUT2D eigenvalue weighted by Gasteiger charge is 2.19. The Morgan fingerprint density at radius 3 is 2.26 bits per heavy atom. The van der Waals surface area contributed by atoms with Crippen LogP contribution in [0.2, 0.25) is 0 Å². The van der Waals surface area contributed by atoms with Crippen molar-refractivity contribution in [1.82, 2.24) is 4.90 Å². The Morgan fingerprint density at radius 1 is 1.00 bits per heavy atom. The third-order valence-corrected chi connectivity index (χ3v) is 4.79. The van der Waals surface area contributed by atoms with Crippen LogP contribution in [0.3, 0.4) is 0 Å². The van der Waals surface area contributed by atoms with E-state index < -0.39 is 0 Å². The maximum atomic E-state index is 13.0. The molecule has 2 rings (SSSR count). The quantitative estimate of drug-likeness (QED) is 0.474. The van der Waals surface area contributed by atoms with E-state index in [9.17, 15) is 4.79 Å². The van der Waals surface area contributed by atoms with Crippen LogP contribution < -0.4 is 0 Å². The first-order valence-electron chi connectivity index (χ1n) is 10.1. The largest absolute Gasteiger partial charge is 0.332 e. The fourth-order valence-corrected chi connectivity index (χ4v) is 3.20. The molecule has 0 radical (unpaired) electrons. The van der Waals surface area contributed by atoms with Gasteiger partial charge in [-0.05, 0) is 56.9 Å². The second kappa shape index (κ2) is 10.7. The summed E-state index contributed by atoms with van der Waals surface area (Å²) < 4.78 is 0. The van der Waals surface area contributed by atoms with Crippen LogP contribution in [0.15, 0.2) is 60.2 Å². The fraction of sp³-hybridized carbons (Fsp3) is 0.400. The molecule has 2 aromatic rings. The maximum Gasteiger partial charge on any atom is 0.254 e. The molecule has 2 aromatic carbocycles. The average Bonchev–Trinajstić information content (AvgIpc) is 2.67. The van der Waals surface area contributed by atoms with Gasteiger partial charge in [-0.1, -0.05) is 73.9 Å². The van der Waals surface area contributed by atoms with Crippen LogP contribution in [-0.4, -0.2) is 23.4 Å². The number of carbonyl (C=O) groups is 1. The van der Waals surface area contributed by atoms with Gasteiger partial charge in [-0.25, -0.2) is 0 Å². The molecule has 0 atom stereocenters.